The van der Waals surface area contributed by atoms with Crippen molar-refractivity contribution in [3.63, 3.8) is 0 Å². The maximum absolute atomic E-state index is 14.3. The van der Waals surface area contributed by atoms with Gasteiger partial charge in [-0.05, 0) is 18.2 Å². The molecule has 28 heavy (non-hydrogen) atoms. The minimum absolute atomic E-state index is 0.0269. The van der Waals surface area contributed by atoms with Crippen LogP contribution in [0.15, 0.2) is 48.7 Å². The van der Waals surface area contributed by atoms with Crippen molar-refractivity contribution in [1.29, 1.82) is 0 Å². The minimum Gasteiger partial charge on any atom is -0.375 e. The second kappa shape index (κ2) is 5.45. The summed E-state index contributed by atoms with van der Waals surface area (Å²) >= 11 is 0. The number of fused-ring (bicyclic) bond motifs is 1. The Hall–Kier alpha value is -3.13. The molecule has 2 N–H and O–H groups in total. The lowest BCUT2D eigenvalue weighted by atomic mass is 10.2. The number of nitrogens with zero attached hydrogens (tertiary/aromatic N) is 3. The lowest BCUT2D eigenvalue weighted by Gasteiger charge is -2.14. The van der Waals surface area contributed by atoms with Gasteiger partial charge in [0, 0.05) is 35.9 Å². The minimum atomic E-state index is -0.599. The number of halogens is 2. The molecule has 4 atom stereocenters. The van der Waals surface area contributed by atoms with Gasteiger partial charge in [-0.2, -0.15) is 4.39 Å². The summed E-state index contributed by atoms with van der Waals surface area (Å²) in [6, 6.07) is 11.0. The van der Waals surface area contributed by atoms with Crippen LogP contribution in [-0.4, -0.2) is 33.2 Å². The third kappa shape index (κ3) is 2.24. The number of ether oxygens (including phenoxy) is 1. The fourth-order valence-corrected chi connectivity index (χ4v) is 4.34. The van der Waals surface area contributed by atoms with E-state index in [4.69, 9.17) is 4.74 Å². The molecule has 140 valence electrons. The first-order chi connectivity index (χ1) is 13.6. The Bertz CT molecular complexity index is 1090. The van der Waals surface area contributed by atoms with Gasteiger partial charge in [-0.25, -0.2) is 19.3 Å². The summed E-state index contributed by atoms with van der Waals surface area (Å²) in [7, 11) is 0. The average molecular weight is 379 g/mol. The summed E-state index contributed by atoms with van der Waals surface area (Å²) in [6.07, 6.45) is 1.61. The number of benzene rings is 1. The second-order valence-electron chi connectivity index (χ2n) is 7.38. The Labute approximate surface area is 159 Å². The van der Waals surface area contributed by atoms with Gasteiger partial charge in [0.1, 0.15) is 17.5 Å². The molecule has 2 aromatic heterocycles. The molecule has 0 radical (unpaired) electrons. The van der Waals surface area contributed by atoms with E-state index >= 15 is 0 Å². The SMILES string of the molecule is Fc1cc(Nc2cc(NC34C5OC[C@@H]3[C@H]54)nc(-c3ccccc3F)n2)ccn1. The first-order valence-corrected chi connectivity index (χ1v) is 9.07. The predicted molar refractivity (Wildman–Crippen MR) is 98.0 cm³/mol. The lowest BCUT2D eigenvalue weighted by Crippen LogP contribution is -2.21. The molecule has 2 aliphatic heterocycles. The highest BCUT2D eigenvalue weighted by molar-refractivity contribution is 5.67. The molecule has 7 rings (SSSR count). The maximum Gasteiger partial charge on any atom is 0.214 e. The zero-order valence-electron chi connectivity index (χ0n) is 14.6. The number of anilines is 3. The van der Waals surface area contributed by atoms with Crippen LogP contribution in [-0.2, 0) is 4.74 Å². The van der Waals surface area contributed by atoms with Gasteiger partial charge in [-0.3, -0.25) is 0 Å². The van der Waals surface area contributed by atoms with Gasteiger partial charge in [0.2, 0.25) is 5.95 Å². The van der Waals surface area contributed by atoms with Crippen LogP contribution in [0, 0.1) is 23.6 Å². The molecule has 1 aromatic carbocycles. The van der Waals surface area contributed by atoms with E-state index in [1.54, 1.807) is 30.3 Å². The van der Waals surface area contributed by atoms with Gasteiger partial charge in [-0.15, -0.1) is 0 Å². The van der Waals surface area contributed by atoms with Gasteiger partial charge < -0.3 is 15.4 Å². The van der Waals surface area contributed by atoms with Crippen molar-refractivity contribution in [2.45, 2.75) is 11.6 Å². The summed E-state index contributed by atoms with van der Waals surface area (Å²) in [5, 5.41) is 6.52. The second-order valence-corrected chi connectivity index (χ2v) is 7.38. The van der Waals surface area contributed by atoms with Crippen LogP contribution in [0.2, 0.25) is 0 Å². The summed E-state index contributed by atoms with van der Waals surface area (Å²) in [5.41, 5.74) is 0.768. The molecule has 2 bridgehead atoms. The van der Waals surface area contributed by atoms with Crippen molar-refractivity contribution in [2.75, 3.05) is 17.2 Å². The van der Waals surface area contributed by atoms with Crippen molar-refractivity contribution in [3.8, 4) is 11.4 Å². The first-order valence-electron chi connectivity index (χ1n) is 9.07. The number of pyridine rings is 1. The van der Waals surface area contributed by atoms with Crippen molar-refractivity contribution >= 4 is 17.3 Å². The zero-order valence-corrected chi connectivity index (χ0v) is 14.6. The predicted octanol–water partition coefficient (Wildman–Crippen LogP) is 3.37. The van der Waals surface area contributed by atoms with E-state index in [9.17, 15) is 8.78 Å². The van der Waals surface area contributed by atoms with Crippen molar-refractivity contribution in [2.24, 2.45) is 11.8 Å². The molecule has 6 nitrogen and oxygen atoms in total. The number of rotatable bonds is 5. The average Bonchev–Trinajstić information content (AvgIpc) is 3.30. The Balaban J connectivity index is 1.38. The monoisotopic (exact) mass is 379 g/mol. The molecule has 0 spiro atoms. The van der Waals surface area contributed by atoms with Crippen LogP contribution in [0.5, 0.6) is 0 Å². The number of hydrogen-bond donors (Lipinski definition) is 2. The molecule has 2 unspecified atom stereocenters. The molecule has 4 aliphatic rings. The maximum atomic E-state index is 14.3. The molecule has 8 heteroatoms. The smallest absolute Gasteiger partial charge is 0.214 e. The Morgan fingerprint density at radius 2 is 1.93 bits per heavy atom. The molecular formula is C20H15F2N5O. The van der Waals surface area contributed by atoms with Gasteiger partial charge in [0.15, 0.2) is 5.82 Å². The third-order valence-corrected chi connectivity index (χ3v) is 5.82. The van der Waals surface area contributed by atoms with Crippen LogP contribution in [0.4, 0.5) is 26.1 Å². The topological polar surface area (TPSA) is 72.0 Å². The highest BCUT2D eigenvalue weighted by Crippen LogP contribution is 2.78. The van der Waals surface area contributed by atoms with E-state index in [-0.39, 0.29) is 17.5 Å². The molecule has 2 saturated heterocycles. The molecule has 4 heterocycles. The van der Waals surface area contributed by atoms with Gasteiger partial charge in [0.05, 0.1) is 23.8 Å². The van der Waals surface area contributed by atoms with E-state index in [1.807, 2.05) is 0 Å². The number of aromatic nitrogens is 3. The van der Waals surface area contributed by atoms with Gasteiger partial charge in [-0.1, -0.05) is 12.1 Å². The van der Waals surface area contributed by atoms with Crippen LogP contribution in [0.1, 0.15) is 0 Å². The largest absolute Gasteiger partial charge is 0.375 e. The Kier molecular flexibility index (Phi) is 3.09. The first kappa shape index (κ1) is 15.9. The van der Waals surface area contributed by atoms with E-state index in [1.165, 1.54) is 18.3 Å². The molecular weight excluding hydrogens is 364 g/mol. The highest BCUT2D eigenvalue weighted by atomic mass is 19.1. The summed E-state index contributed by atoms with van der Waals surface area (Å²) in [6.45, 7) is 0.773. The quantitative estimate of drug-likeness (QED) is 0.663. The van der Waals surface area contributed by atoms with Crippen molar-refractivity contribution < 1.29 is 13.5 Å². The fourth-order valence-electron chi connectivity index (χ4n) is 4.34. The van der Waals surface area contributed by atoms with Gasteiger partial charge >= 0.3 is 0 Å². The van der Waals surface area contributed by atoms with Crippen LogP contribution >= 0.6 is 0 Å². The van der Waals surface area contributed by atoms with E-state index in [0.717, 1.165) is 6.61 Å². The van der Waals surface area contributed by atoms with Crippen molar-refractivity contribution in [3.05, 3.63) is 60.4 Å². The van der Waals surface area contributed by atoms with E-state index in [2.05, 4.69) is 25.6 Å². The molecule has 2 aliphatic carbocycles. The van der Waals surface area contributed by atoms with Gasteiger partial charge in [0.25, 0.3) is 0 Å². The Morgan fingerprint density at radius 1 is 1.07 bits per heavy atom. The van der Waals surface area contributed by atoms with Crippen molar-refractivity contribution in [1.82, 2.24) is 15.0 Å². The summed E-state index contributed by atoms with van der Waals surface area (Å²) < 4.78 is 33.4. The molecule has 4 fully saturated rings. The Morgan fingerprint density at radius 3 is 2.68 bits per heavy atom. The molecule has 2 saturated carbocycles. The number of hydrogen-bond acceptors (Lipinski definition) is 6. The van der Waals surface area contributed by atoms with Crippen LogP contribution < -0.4 is 10.6 Å². The zero-order chi connectivity index (χ0) is 18.9. The molecule has 0 amide bonds. The van der Waals surface area contributed by atoms with E-state index in [0.29, 0.717) is 34.7 Å². The van der Waals surface area contributed by atoms with Crippen LogP contribution in [0.25, 0.3) is 11.4 Å². The van der Waals surface area contributed by atoms with Crippen LogP contribution in [0.3, 0.4) is 0 Å². The standard InChI is InChI=1S/C20H15F2N5O/c21-13-4-2-1-3-11(13)19-25-15(24-10-5-6-23-14(22)7-10)8-16(26-19)27-20-12-9-28-18(20)17(12)20/h1-8,12,17-18H,9H2,(H2,23,24,25,26,27)/t12-,17-,18?,20?/m1/s1. The van der Waals surface area contributed by atoms with E-state index < -0.39 is 11.8 Å². The molecule has 3 aromatic rings. The summed E-state index contributed by atoms with van der Waals surface area (Å²) in [4.78, 5) is 12.5. The third-order valence-electron chi connectivity index (χ3n) is 5.82. The highest BCUT2D eigenvalue weighted by Gasteiger charge is 2.92. The normalized spacial score (nSPS) is 28.6. The fraction of sp³-hybridized carbons (Fsp3) is 0.250. The summed E-state index contributed by atoms with van der Waals surface area (Å²) in [5.74, 6) is 1.34. The lowest BCUT2D eigenvalue weighted by molar-refractivity contribution is 0.176. The number of nitrogens with one attached hydrogen (secondary N) is 2.